The Morgan fingerprint density at radius 3 is 2.90 bits per heavy atom. The first-order valence-electron chi connectivity index (χ1n) is 6.06. The van der Waals surface area contributed by atoms with Gasteiger partial charge in [-0.25, -0.2) is 5.43 Å². The molecule has 0 unspecified atom stereocenters. The van der Waals surface area contributed by atoms with Crippen LogP contribution in [0.1, 0.15) is 15.9 Å². The molecule has 0 radical (unpaired) electrons. The van der Waals surface area contributed by atoms with Crippen molar-refractivity contribution in [3.05, 3.63) is 58.6 Å². The molecule has 2 rings (SSSR count). The highest BCUT2D eigenvalue weighted by molar-refractivity contribution is 6.30. The predicted octanol–water partition coefficient (Wildman–Crippen LogP) is 2.82. The summed E-state index contributed by atoms with van der Waals surface area (Å²) in [7, 11) is 1.52. The van der Waals surface area contributed by atoms with Crippen molar-refractivity contribution in [1.82, 2.24) is 5.43 Å². The van der Waals surface area contributed by atoms with Crippen LogP contribution in [0, 0.1) is 0 Å². The first kappa shape index (κ1) is 14.9. The molecule has 0 atom stereocenters. The number of hydrogen-bond acceptors (Lipinski definition) is 4. The molecule has 6 heteroatoms. The van der Waals surface area contributed by atoms with E-state index in [4.69, 9.17) is 16.3 Å². The van der Waals surface area contributed by atoms with E-state index in [0.717, 1.165) is 0 Å². The standard InChI is InChI=1S/C15H13ClN2O3/c1-21-13-4-2-3-10(8-13)15(20)18-17-9-11-7-12(16)5-6-14(11)19/h2-9,19H,1H3,(H,18,20)/b17-9+. The van der Waals surface area contributed by atoms with Crippen LogP contribution in [0.4, 0.5) is 0 Å². The topological polar surface area (TPSA) is 70.9 Å². The third-order valence-corrected chi connectivity index (χ3v) is 2.93. The van der Waals surface area contributed by atoms with Gasteiger partial charge in [-0.1, -0.05) is 17.7 Å². The lowest BCUT2D eigenvalue weighted by Gasteiger charge is -2.03. The second-order valence-corrected chi connectivity index (χ2v) is 4.57. The van der Waals surface area contributed by atoms with Crippen LogP contribution in [0.25, 0.3) is 0 Å². The highest BCUT2D eigenvalue weighted by atomic mass is 35.5. The average Bonchev–Trinajstić information content (AvgIpc) is 2.50. The normalized spacial score (nSPS) is 10.6. The number of aromatic hydroxyl groups is 1. The number of rotatable bonds is 4. The van der Waals surface area contributed by atoms with Gasteiger partial charge in [0.05, 0.1) is 13.3 Å². The number of carbonyl (C=O) groups is 1. The lowest BCUT2D eigenvalue weighted by atomic mass is 10.2. The summed E-state index contributed by atoms with van der Waals surface area (Å²) in [5.41, 5.74) is 3.20. The Hall–Kier alpha value is -2.53. The molecule has 0 spiro atoms. The largest absolute Gasteiger partial charge is 0.507 e. The molecule has 2 aromatic rings. The molecule has 0 saturated carbocycles. The third kappa shape index (κ3) is 3.97. The number of carbonyl (C=O) groups excluding carboxylic acids is 1. The summed E-state index contributed by atoms with van der Waals surface area (Å²) in [6.45, 7) is 0. The van der Waals surface area contributed by atoms with E-state index in [1.807, 2.05) is 0 Å². The summed E-state index contributed by atoms with van der Waals surface area (Å²) < 4.78 is 5.04. The quantitative estimate of drug-likeness (QED) is 0.674. The van der Waals surface area contributed by atoms with Crippen LogP contribution >= 0.6 is 11.6 Å². The molecule has 2 aromatic carbocycles. The number of amides is 1. The number of benzene rings is 2. The van der Waals surface area contributed by atoms with Gasteiger partial charge >= 0.3 is 0 Å². The van der Waals surface area contributed by atoms with Gasteiger partial charge in [-0.2, -0.15) is 5.10 Å². The zero-order chi connectivity index (χ0) is 15.2. The predicted molar refractivity (Wildman–Crippen MR) is 81.2 cm³/mol. The number of phenolic OH excluding ortho intramolecular Hbond substituents is 1. The van der Waals surface area contributed by atoms with Crippen molar-refractivity contribution in [1.29, 1.82) is 0 Å². The molecule has 0 aliphatic heterocycles. The molecule has 0 heterocycles. The van der Waals surface area contributed by atoms with Crippen LogP contribution in [0.3, 0.4) is 0 Å². The number of hydrazone groups is 1. The Morgan fingerprint density at radius 2 is 2.14 bits per heavy atom. The third-order valence-electron chi connectivity index (χ3n) is 2.69. The molecule has 2 N–H and O–H groups in total. The fourth-order valence-corrected chi connectivity index (χ4v) is 1.80. The molecule has 0 aliphatic rings. The van der Waals surface area contributed by atoms with Gasteiger partial charge in [0.15, 0.2) is 0 Å². The zero-order valence-corrected chi connectivity index (χ0v) is 12.0. The lowest BCUT2D eigenvalue weighted by Crippen LogP contribution is -2.17. The molecule has 5 nitrogen and oxygen atoms in total. The summed E-state index contributed by atoms with van der Waals surface area (Å²) >= 11 is 5.81. The molecule has 0 fully saturated rings. The highest BCUT2D eigenvalue weighted by Gasteiger charge is 2.05. The van der Waals surface area contributed by atoms with Crippen LogP contribution in [-0.4, -0.2) is 24.3 Å². The van der Waals surface area contributed by atoms with Crippen molar-refractivity contribution in [3.63, 3.8) is 0 Å². The van der Waals surface area contributed by atoms with Gasteiger partial charge in [0, 0.05) is 16.1 Å². The molecule has 0 saturated heterocycles. The van der Waals surface area contributed by atoms with E-state index < -0.39 is 0 Å². The first-order valence-corrected chi connectivity index (χ1v) is 6.44. The molecule has 21 heavy (non-hydrogen) atoms. The summed E-state index contributed by atoms with van der Waals surface area (Å²) in [5, 5.41) is 13.9. The van der Waals surface area contributed by atoms with Crippen LogP contribution < -0.4 is 10.2 Å². The van der Waals surface area contributed by atoms with E-state index in [-0.39, 0.29) is 11.7 Å². The molecule has 0 bridgehead atoms. The second kappa shape index (κ2) is 6.76. The maximum atomic E-state index is 11.9. The minimum absolute atomic E-state index is 0.0266. The summed E-state index contributed by atoms with van der Waals surface area (Å²) in [5.74, 6) is 0.226. The summed E-state index contributed by atoms with van der Waals surface area (Å²) in [6, 6.07) is 11.2. The molecular formula is C15H13ClN2O3. The summed E-state index contributed by atoms with van der Waals surface area (Å²) in [4.78, 5) is 11.9. The van der Waals surface area contributed by atoms with Crippen molar-refractivity contribution < 1.29 is 14.6 Å². The van der Waals surface area contributed by atoms with Gasteiger partial charge in [-0.05, 0) is 36.4 Å². The van der Waals surface area contributed by atoms with Gasteiger partial charge < -0.3 is 9.84 Å². The number of hydrogen-bond donors (Lipinski definition) is 2. The Kier molecular flexibility index (Phi) is 4.79. The number of phenols is 1. The smallest absolute Gasteiger partial charge is 0.271 e. The minimum atomic E-state index is -0.383. The summed E-state index contributed by atoms with van der Waals surface area (Å²) in [6.07, 6.45) is 1.32. The Morgan fingerprint density at radius 1 is 1.33 bits per heavy atom. The number of halogens is 1. The highest BCUT2D eigenvalue weighted by Crippen LogP contribution is 2.19. The molecular weight excluding hydrogens is 292 g/mol. The Bertz CT molecular complexity index is 686. The zero-order valence-electron chi connectivity index (χ0n) is 11.2. The molecule has 0 aliphatic carbocycles. The monoisotopic (exact) mass is 304 g/mol. The van der Waals surface area contributed by atoms with Crippen LogP contribution in [0.2, 0.25) is 5.02 Å². The van der Waals surface area contributed by atoms with E-state index in [9.17, 15) is 9.90 Å². The second-order valence-electron chi connectivity index (χ2n) is 4.13. The van der Waals surface area contributed by atoms with Crippen LogP contribution in [0.5, 0.6) is 11.5 Å². The lowest BCUT2D eigenvalue weighted by molar-refractivity contribution is 0.0955. The van der Waals surface area contributed by atoms with Gasteiger partial charge in [0.25, 0.3) is 5.91 Å². The fourth-order valence-electron chi connectivity index (χ4n) is 1.62. The maximum absolute atomic E-state index is 11.9. The number of nitrogens with one attached hydrogen (secondary N) is 1. The molecule has 108 valence electrons. The van der Waals surface area contributed by atoms with E-state index in [2.05, 4.69) is 10.5 Å². The van der Waals surface area contributed by atoms with E-state index >= 15 is 0 Å². The van der Waals surface area contributed by atoms with Crippen LogP contribution in [0.15, 0.2) is 47.6 Å². The van der Waals surface area contributed by atoms with E-state index in [1.54, 1.807) is 30.3 Å². The minimum Gasteiger partial charge on any atom is -0.507 e. The van der Waals surface area contributed by atoms with E-state index in [1.165, 1.54) is 25.5 Å². The van der Waals surface area contributed by atoms with Crippen molar-refractivity contribution in [3.8, 4) is 11.5 Å². The number of methoxy groups -OCH3 is 1. The van der Waals surface area contributed by atoms with Crippen molar-refractivity contribution in [2.45, 2.75) is 0 Å². The van der Waals surface area contributed by atoms with Crippen molar-refractivity contribution in [2.75, 3.05) is 7.11 Å². The van der Waals surface area contributed by atoms with Gasteiger partial charge in [0.2, 0.25) is 0 Å². The van der Waals surface area contributed by atoms with Crippen molar-refractivity contribution >= 4 is 23.7 Å². The molecule has 0 aromatic heterocycles. The van der Waals surface area contributed by atoms with Gasteiger partial charge in [-0.15, -0.1) is 0 Å². The maximum Gasteiger partial charge on any atom is 0.271 e. The number of ether oxygens (including phenoxy) is 1. The SMILES string of the molecule is COc1cccc(C(=O)N/N=C/c2cc(Cl)ccc2O)c1. The molecule has 1 amide bonds. The Labute approximate surface area is 126 Å². The average molecular weight is 305 g/mol. The Balaban J connectivity index is 2.06. The fraction of sp³-hybridized carbons (Fsp3) is 0.0667. The van der Waals surface area contributed by atoms with Crippen LogP contribution in [-0.2, 0) is 0 Å². The number of nitrogens with zero attached hydrogens (tertiary/aromatic N) is 1. The van der Waals surface area contributed by atoms with Crippen molar-refractivity contribution in [2.24, 2.45) is 5.10 Å². The van der Waals surface area contributed by atoms with Gasteiger partial charge in [-0.3, -0.25) is 4.79 Å². The first-order chi connectivity index (χ1) is 10.1. The van der Waals surface area contributed by atoms with E-state index in [0.29, 0.717) is 21.9 Å². The van der Waals surface area contributed by atoms with Gasteiger partial charge in [0.1, 0.15) is 11.5 Å².